The van der Waals surface area contributed by atoms with Crippen molar-refractivity contribution < 1.29 is 29.2 Å². The van der Waals surface area contributed by atoms with Crippen LogP contribution in [-0.4, -0.2) is 61.5 Å². The molecule has 0 aromatic heterocycles. The van der Waals surface area contributed by atoms with E-state index in [9.17, 15) is 10.2 Å². The molecule has 0 spiro atoms. The molecule has 176 valence electrons. The van der Waals surface area contributed by atoms with Gasteiger partial charge in [0.1, 0.15) is 24.4 Å². The van der Waals surface area contributed by atoms with Crippen molar-refractivity contribution in [1.29, 1.82) is 0 Å². The van der Waals surface area contributed by atoms with E-state index in [-0.39, 0.29) is 5.04 Å². The summed E-state index contributed by atoms with van der Waals surface area (Å²) in [6, 6.07) is 5.38. The van der Waals surface area contributed by atoms with Crippen molar-refractivity contribution in [2.24, 2.45) is 0 Å². The maximum atomic E-state index is 11.4. The predicted octanol–water partition coefficient (Wildman–Crippen LogP) is 4.22. The van der Waals surface area contributed by atoms with E-state index in [4.69, 9.17) is 30.5 Å². The normalized spacial score (nSPS) is 30.3. The molecule has 2 heterocycles. The summed E-state index contributed by atoms with van der Waals surface area (Å²) in [6.07, 6.45) is -2.75. The fourth-order valence-corrected chi connectivity index (χ4v) is 6.14. The number of aliphatic hydroxyl groups is 2. The number of halogens is 1. The van der Waals surface area contributed by atoms with Crippen LogP contribution in [0.5, 0.6) is 0 Å². The van der Waals surface area contributed by atoms with Gasteiger partial charge in [-0.15, -0.1) is 0 Å². The SMILES string of the molecule is CO[C@@H]1O[C@H]([C@H](O)c2ccc(Cl)cc2C[C@H](O)[Si](C)(C)C(C)(C)C)[C@H]2OC(C)(C)O[C@@H]12. The fourth-order valence-electron chi connectivity index (χ4n) is 4.22. The molecule has 6 nitrogen and oxygen atoms in total. The van der Waals surface area contributed by atoms with Crippen LogP contribution in [0.4, 0.5) is 0 Å². The molecule has 0 bridgehead atoms. The van der Waals surface area contributed by atoms with Gasteiger partial charge in [-0.3, -0.25) is 0 Å². The zero-order valence-corrected chi connectivity index (χ0v) is 21.6. The van der Waals surface area contributed by atoms with E-state index in [1.807, 2.05) is 19.9 Å². The minimum atomic E-state index is -2.02. The smallest absolute Gasteiger partial charge is 0.186 e. The Bertz CT molecular complexity index is 793. The highest BCUT2D eigenvalue weighted by Crippen LogP contribution is 2.44. The van der Waals surface area contributed by atoms with Gasteiger partial charge in [0.2, 0.25) is 0 Å². The molecule has 0 amide bonds. The number of hydrogen-bond donors (Lipinski definition) is 2. The molecular formula is C23H37ClO6Si. The lowest BCUT2D eigenvalue weighted by atomic mass is 9.94. The number of ether oxygens (including phenoxy) is 4. The van der Waals surface area contributed by atoms with Gasteiger partial charge in [-0.05, 0) is 48.6 Å². The second kappa shape index (κ2) is 8.69. The van der Waals surface area contributed by atoms with Crippen molar-refractivity contribution in [1.82, 2.24) is 0 Å². The van der Waals surface area contributed by atoms with E-state index in [0.29, 0.717) is 17.0 Å². The second-order valence-electron chi connectivity index (χ2n) is 10.7. The van der Waals surface area contributed by atoms with Crippen LogP contribution in [0.3, 0.4) is 0 Å². The van der Waals surface area contributed by atoms with Gasteiger partial charge < -0.3 is 29.2 Å². The second-order valence-corrected chi connectivity index (χ2v) is 16.8. The van der Waals surface area contributed by atoms with Crippen LogP contribution >= 0.6 is 11.6 Å². The first kappa shape index (κ1) is 25.1. The highest BCUT2D eigenvalue weighted by Gasteiger charge is 2.57. The maximum Gasteiger partial charge on any atom is 0.186 e. The molecule has 0 radical (unpaired) electrons. The minimum absolute atomic E-state index is 0.0256. The van der Waals surface area contributed by atoms with Crippen molar-refractivity contribution in [2.45, 2.75) is 101 Å². The molecular weight excluding hydrogens is 436 g/mol. The Morgan fingerprint density at radius 3 is 2.35 bits per heavy atom. The summed E-state index contributed by atoms with van der Waals surface area (Å²) in [6.45, 7) is 14.6. The van der Waals surface area contributed by atoms with Crippen LogP contribution in [0.1, 0.15) is 51.8 Å². The van der Waals surface area contributed by atoms with Gasteiger partial charge in [0.15, 0.2) is 12.1 Å². The summed E-state index contributed by atoms with van der Waals surface area (Å²) in [5.74, 6) is -0.783. The number of fused-ring (bicyclic) bond motifs is 1. The van der Waals surface area contributed by atoms with Crippen LogP contribution in [-0.2, 0) is 25.4 Å². The average Bonchev–Trinajstić information content (AvgIpc) is 3.13. The number of rotatable bonds is 6. The van der Waals surface area contributed by atoms with Crippen molar-refractivity contribution in [2.75, 3.05) is 7.11 Å². The Balaban J connectivity index is 1.90. The van der Waals surface area contributed by atoms with Gasteiger partial charge in [-0.25, -0.2) is 0 Å². The summed E-state index contributed by atoms with van der Waals surface area (Å²) >= 11 is 6.29. The molecule has 1 aromatic carbocycles. The fraction of sp³-hybridized carbons (Fsp3) is 0.739. The third-order valence-electron chi connectivity index (χ3n) is 7.19. The molecule has 3 rings (SSSR count). The number of methoxy groups -OCH3 is 1. The van der Waals surface area contributed by atoms with E-state index in [0.717, 1.165) is 5.56 Å². The first-order valence-electron chi connectivity index (χ1n) is 10.9. The van der Waals surface area contributed by atoms with Crippen LogP contribution in [0.25, 0.3) is 0 Å². The number of benzene rings is 1. The topological polar surface area (TPSA) is 77.4 Å². The van der Waals surface area contributed by atoms with Crippen molar-refractivity contribution in [3.8, 4) is 0 Å². The van der Waals surface area contributed by atoms with Crippen molar-refractivity contribution in [3.05, 3.63) is 34.3 Å². The maximum absolute atomic E-state index is 11.4. The Kier molecular flexibility index (Phi) is 7.04. The standard InChI is InChI=1S/C23H37ClO6Si/c1-22(2,3)31(7,8)16(25)12-13-11-14(24)9-10-15(13)17(26)18-19-20(21(27-6)28-18)30-23(4,5)29-19/h9-11,16-21,25-26H,12H2,1-8H3/t16-,17-,18-,19-,20-,21-/m1/s1. The lowest BCUT2D eigenvalue weighted by molar-refractivity contribution is -0.237. The van der Waals surface area contributed by atoms with Crippen molar-refractivity contribution in [3.63, 3.8) is 0 Å². The zero-order chi connectivity index (χ0) is 23.4. The van der Waals surface area contributed by atoms with E-state index in [1.54, 1.807) is 19.2 Å². The lowest BCUT2D eigenvalue weighted by Crippen LogP contribution is -2.50. The third-order valence-corrected chi connectivity index (χ3v) is 13.2. The molecule has 1 aromatic rings. The zero-order valence-electron chi connectivity index (χ0n) is 19.8. The first-order valence-corrected chi connectivity index (χ1v) is 14.3. The van der Waals surface area contributed by atoms with Gasteiger partial charge in [0.05, 0.1) is 8.07 Å². The van der Waals surface area contributed by atoms with E-state index in [2.05, 4.69) is 33.9 Å². The van der Waals surface area contributed by atoms with Gasteiger partial charge in [-0.1, -0.05) is 51.5 Å². The Hall–Kier alpha value is -0.513. The molecule has 0 saturated carbocycles. The summed E-state index contributed by atoms with van der Waals surface area (Å²) < 4.78 is 23.4. The average molecular weight is 473 g/mol. The summed E-state index contributed by atoms with van der Waals surface area (Å²) in [5, 5.41) is 23.1. The lowest BCUT2D eigenvalue weighted by Gasteiger charge is -2.41. The highest BCUT2D eigenvalue weighted by atomic mass is 35.5. The van der Waals surface area contributed by atoms with Gasteiger partial charge in [-0.2, -0.15) is 0 Å². The molecule has 0 aliphatic carbocycles. The van der Waals surface area contributed by atoms with E-state index >= 15 is 0 Å². The monoisotopic (exact) mass is 472 g/mol. The molecule has 31 heavy (non-hydrogen) atoms. The number of aliphatic hydroxyl groups excluding tert-OH is 2. The quantitative estimate of drug-likeness (QED) is 0.604. The molecule has 2 fully saturated rings. The predicted molar refractivity (Wildman–Crippen MR) is 123 cm³/mol. The summed E-state index contributed by atoms with van der Waals surface area (Å²) in [4.78, 5) is 0. The summed E-state index contributed by atoms with van der Waals surface area (Å²) in [7, 11) is -0.470. The summed E-state index contributed by atoms with van der Waals surface area (Å²) in [5.41, 5.74) is 0.998. The third kappa shape index (κ3) is 4.89. The van der Waals surface area contributed by atoms with Crippen LogP contribution in [0.15, 0.2) is 18.2 Å². The molecule has 6 atom stereocenters. The van der Waals surface area contributed by atoms with E-state index < -0.39 is 50.3 Å². The largest absolute Gasteiger partial charge is 0.396 e. The molecule has 2 saturated heterocycles. The first-order chi connectivity index (χ1) is 14.2. The number of hydrogen-bond acceptors (Lipinski definition) is 6. The molecule has 2 N–H and O–H groups in total. The minimum Gasteiger partial charge on any atom is -0.396 e. The Labute approximate surface area is 191 Å². The highest BCUT2D eigenvalue weighted by molar-refractivity contribution is 6.81. The van der Waals surface area contributed by atoms with Gasteiger partial charge >= 0.3 is 0 Å². The molecule has 2 aliphatic rings. The molecule has 0 unspecified atom stereocenters. The van der Waals surface area contributed by atoms with E-state index in [1.165, 1.54) is 0 Å². The van der Waals surface area contributed by atoms with Gasteiger partial charge in [0, 0.05) is 17.9 Å². The van der Waals surface area contributed by atoms with Crippen LogP contribution in [0.2, 0.25) is 23.2 Å². The van der Waals surface area contributed by atoms with Gasteiger partial charge in [0.25, 0.3) is 0 Å². The Morgan fingerprint density at radius 1 is 1.16 bits per heavy atom. The molecule has 2 aliphatic heterocycles. The molecule has 8 heteroatoms. The van der Waals surface area contributed by atoms with Crippen LogP contribution < -0.4 is 0 Å². The van der Waals surface area contributed by atoms with Crippen molar-refractivity contribution >= 4 is 19.7 Å². The Morgan fingerprint density at radius 2 is 1.77 bits per heavy atom. The van der Waals surface area contributed by atoms with Crippen LogP contribution in [0, 0.1) is 0 Å².